The van der Waals surface area contributed by atoms with Crippen LogP contribution in [0.15, 0.2) is 6.33 Å². The van der Waals surface area contributed by atoms with Gasteiger partial charge < -0.3 is 5.32 Å². The predicted octanol–water partition coefficient (Wildman–Crippen LogP) is 0.666. The maximum absolute atomic E-state index is 11.9. The molecule has 0 saturated heterocycles. The van der Waals surface area contributed by atoms with Gasteiger partial charge in [0.1, 0.15) is 12.2 Å². The van der Waals surface area contributed by atoms with Crippen LogP contribution >= 0.6 is 0 Å². The lowest BCUT2D eigenvalue weighted by atomic mass is 9.96. The molecule has 1 amide bonds. The summed E-state index contributed by atoms with van der Waals surface area (Å²) < 4.78 is 1.91. The number of nitrogens with zero attached hydrogens (tertiary/aromatic N) is 4. The molecule has 0 bridgehead atoms. The minimum Gasteiger partial charge on any atom is -0.350 e. The molecule has 0 atom stereocenters. The molecule has 112 valence electrons. The van der Waals surface area contributed by atoms with Crippen molar-refractivity contribution in [1.29, 1.82) is 0 Å². The minimum atomic E-state index is 0.0251. The van der Waals surface area contributed by atoms with Crippen LogP contribution in [0, 0.1) is 0 Å². The van der Waals surface area contributed by atoms with Crippen molar-refractivity contribution in [3.63, 3.8) is 0 Å². The first-order valence-electron chi connectivity index (χ1n) is 7.38. The number of aromatic nitrogens is 5. The highest BCUT2D eigenvalue weighted by atomic mass is 16.1. The van der Waals surface area contributed by atoms with Crippen molar-refractivity contribution in [1.82, 2.24) is 30.3 Å². The number of amides is 1. The van der Waals surface area contributed by atoms with Crippen molar-refractivity contribution in [2.45, 2.75) is 45.1 Å². The number of hydrogen-bond acceptors (Lipinski definition) is 4. The van der Waals surface area contributed by atoms with Gasteiger partial charge in [0.25, 0.3) is 0 Å². The normalized spacial score (nSPS) is 14.0. The Morgan fingerprint density at radius 2 is 2.29 bits per heavy atom. The van der Waals surface area contributed by atoms with Gasteiger partial charge in [-0.05, 0) is 31.2 Å². The van der Waals surface area contributed by atoms with Crippen LogP contribution in [0.4, 0.5) is 0 Å². The largest absolute Gasteiger partial charge is 0.350 e. The lowest BCUT2D eigenvalue weighted by Gasteiger charge is -2.12. The van der Waals surface area contributed by atoms with Crippen molar-refractivity contribution in [3.8, 4) is 0 Å². The number of aromatic amines is 1. The Labute approximate surface area is 123 Å². The number of carbonyl (C=O) groups is 1. The van der Waals surface area contributed by atoms with E-state index in [1.165, 1.54) is 30.4 Å². The van der Waals surface area contributed by atoms with Crippen LogP contribution in [0.5, 0.6) is 0 Å². The van der Waals surface area contributed by atoms with Gasteiger partial charge in [-0.15, -0.1) is 0 Å². The highest BCUT2D eigenvalue weighted by molar-refractivity contribution is 5.76. The van der Waals surface area contributed by atoms with Crippen LogP contribution in [0.3, 0.4) is 0 Å². The van der Waals surface area contributed by atoms with Gasteiger partial charge in [-0.3, -0.25) is 14.6 Å². The van der Waals surface area contributed by atoms with E-state index in [0.717, 1.165) is 24.4 Å². The van der Waals surface area contributed by atoms with E-state index in [9.17, 15) is 4.79 Å². The van der Waals surface area contributed by atoms with Gasteiger partial charge in [-0.25, -0.2) is 4.98 Å². The summed E-state index contributed by atoms with van der Waals surface area (Å²) >= 11 is 0. The van der Waals surface area contributed by atoms with E-state index in [4.69, 9.17) is 0 Å². The number of fused-ring (bicyclic) bond motifs is 1. The zero-order chi connectivity index (χ0) is 14.7. The maximum Gasteiger partial charge on any atom is 0.220 e. The molecule has 2 heterocycles. The fourth-order valence-corrected chi connectivity index (χ4v) is 2.82. The van der Waals surface area contributed by atoms with Crippen molar-refractivity contribution in [3.05, 3.63) is 29.1 Å². The van der Waals surface area contributed by atoms with Crippen LogP contribution in [-0.4, -0.2) is 30.9 Å². The number of rotatable bonds is 5. The van der Waals surface area contributed by atoms with E-state index >= 15 is 0 Å². The molecule has 21 heavy (non-hydrogen) atoms. The molecule has 3 rings (SSSR count). The van der Waals surface area contributed by atoms with Gasteiger partial charge in [0, 0.05) is 19.9 Å². The molecule has 1 aliphatic carbocycles. The number of aryl methyl sites for hydroxylation is 3. The third kappa shape index (κ3) is 3.12. The van der Waals surface area contributed by atoms with Gasteiger partial charge in [0.15, 0.2) is 0 Å². The van der Waals surface area contributed by atoms with Crippen molar-refractivity contribution < 1.29 is 4.79 Å². The van der Waals surface area contributed by atoms with Crippen LogP contribution in [0.1, 0.15) is 42.0 Å². The van der Waals surface area contributed by atoms with Crippen molar-refractivity contribution in [2.75, 3.05) is 0 Å². The van der Waals surface area contributed by atoms with E-state index < -0.39 is 0 Å². The molecule has 0 aliphatic heterocycles. The van der Waals surface area contributed by atoms with Crippen molar-refractivity contribution >= 4 is 5.91 Å². The maximum atomic E-state index is 11.9. The first-order valence-corrected chi connectivity index (χ1v) is 7.38. The summed E-state index contributed by atoms with van der Waals surface area (Å²) in [6.45, 7) is 0.550. The van der Waals surface area contributed by atoms with Gasteiger partial charge in [-0.2, -0.15) is 10.2 Å². The van der Waals surface area contributed by atoms with Crippen LogP contribution in [0.25, 0.3) is 0 Å². The average Bonchev–Trinajstić information content (AvgIpc) is 3.10. The molecule has 0 unspecified atom stereocenters. The molecule has 2 aromatic heterocycles. The first kappa shape index (κ1) is 13.8. The quantitative estimate of drug-likeness (QED) is 0.846. The molecule has 0 saturated carbocycles. The summed E-state index contributed by atoms with van der Waals surface area (Å²) in [5.41, 5.74) is 3.67. The van der Waals surface area contributed by atoms with Gasteiger partial charge >= 0.3 is 0 Å². The van der Waals surface area contributed by atoms with Gasteiger partial charge in [0.05, 0.1) is 17.9 Å². The molecule has 2 aromatic rings. The molecular weight excluding hydrogens is 268 g/mol. The summed E-state index contributed by atoms with van der Waals surface area (Å²) in [5, 5.41) is 14.1. The second-order valence-electron chi connectivity index (χ2n) is 5.41. The Hall–Kier alpha value is -2.18. The zero-order valence-corrected chi connectivity index (χ0v) is 12.2. The Morgan fingerprint density at radius 1 is 1.43 bits per heavy atom. The summed E-state index contributed by atoms with van der Waals surface area (Å²) in [6, 6.07) is 0. The van der Waals surface area contributed by atoms with Crippen molar-refractivity contribution in [2.24, 2.45) is 7.05 Å². The van der Waals surface area contributed by atoms with E-state index in [0.29, 0.717) is 19.4 Å². The van der Waals surface area contributed by atoms with Gasteiger partial charge in [0.2, 0.25) is 5.91 Å². The smallest absolute Gasteiger partial charge is 0.220 e. The average molecular weight is 288 g/mol. The first-order chi connectivity index (χ1) is 10.2. The second kappa shape index (κ2) is 6.07. The fourth-order valence-electron chi connectivity index (χ4n) is 2.82. The molecule has 0 radical (unpaired) electrons. The molecule has 0 spiro atoms. The Balaban J connectivity index is 1.55. The second-order valence-corrected chi connectivity index (χ2v) is 5.41. The topological polar surface area (TPSA) is 88.5 Å². The molecular formula is C14H20N6O. The zero-order valence-electron chi connectivity index (χ0n) is 12.2. The Kier molecular flexibility index (Phi) is 3.98. The van der Waals surface area contributed by atoms with E-state index in [1.54, 1.807) is 0 Å². The number of carbonyl (C=O) groups excluding carboxylic acids is 1. The monoisotopic (exact) mass is 288 g/mol. The van der Waals surface area contributed by atoms with E-state index in [-0.39, 0.29) is 5.91 Å². The highest BCUT2D eigenvalue weighted by Gasteiger charge is 2.19. The summed E-state index contributed by atoms with van der Waals surface area (Å²) in [4.78, 5) is 15.9. The summed E-state index contributed by atoms with van der Waals surface area (Å²) in [6.07, 6.45) is 7.01. The van der Waals surface area contributed by atoms with Crippen LogP contribution in [-0.2, 0) is 37.6 Å². The third-order valence-corrected chi connectivity index (χ3v) is 3.96. The lowest BCUT2D eigenvalue weighted by Crippen LogP contribution is -2.25. The summed E-state index contributed by atoms with van der Waals surface area (Å²) in [5.74, 6) is 0.764. The highest BCUT2D eigenvalue weighted by Crippen LogP contribution is 2.23. The molecule has 2 N–H and O–H groups in total. The predicted molar refractivity (Wildman–Crippen MR) is 76.4 cm³/mol. The third-order valence-electron chi connectivity index (χ3n) is 3.96. The molecule has 7 nitrogen and oxygen atoms in total. The lowest BCUT2D eigenvalue weighted by molar-refractivity contribution is -0.121. The Bertz CT molecular complexity index is 616. The van der Waals surface area contributed by atoms with E-state index in [1.807, 2.05) is 11.7 Å². The number of hydrogen-bond donors (Lipinski definition) is 2. The van der Waals surface area contributed by atoms with Crippen LogP contribution < -0.4 is 5.32 Å². The fraction of sp³-hybridized carbons (Fsp3) is 0.571. The minimum absolute atomic E-state index is 0.0251. The van der Waals surface area contributed by atoms with Crippen LogP contribution in [0.2, 0.25) is 0 Å². The number of nitrogens with one attached hydrogen (secondary N) is 2. The van der Waals surface area contributed by atoms with E-state index in [2.05, 4.69) is 25.6 Å². The molecule has 0 fully saturated rings. The molecule has 0 aromatic carbocycles. The Morgan fingerprint density at radius 3 is 3.10 bits per heavy atom. The standard InChI is InChI=1S/C14H20N6O/c1-20-12(10-4-2-3-5-11(10)19-20)8-15-14(21)7-6-13-16-9-17-18-13/h9H,2-8H2,1H3,(H,15,21)(H,16,17,18). The molecule has 1 aliphatic rings. The SMILES string of the molecule is Cn1nc2c(c1CNC(=O)CCc1ncn[nH]1)CCCC2. The molecule has 7 heteroatoms. The van der Waals surface area contributed by atoms with Gasteiger partial charge in [-0.1, -0.05) is 0 Å². The number of H-pyrrole nitrogens is 1. The summed E-state index contributed by atoms with van der Waals surface area (Å²) in [7, 11) is 1.95.